The van der Waals surface area contributed by atoms with E-state index in [-0.39, 0.29) is 6.10 Å². The molecule has 4 nitrogen and oxygen atoms in total. The van der Waals surface area contributed by atoms with Gasteiger partial charge in [-0.15, -0.1) is 0 Å². The summed E-state index contributed by atoms with van der Waals surface area (Å²) in [6, 6.07) is 3.71. The van der Waals surface area contributed by atoms with Crippen LogP contribution in [0.15, 0.2) is 18.3 Å². The molecule has 0 saturated carbocycles. The maximum absolute atomic E-state index is 6.08. The third-order valence-electron chi connectivity index (χ3n) is 3.59. The monoisotopic (exact) mass is 298 g/mol. The van der Waals surface area contributed by atoms with Crippen molar-refractivity contribution in [3.05, 3.63) is 29.0 Å². The molecule has 2 atom stereocenters. The van der Waals surface area contributed by atoms with Crippen LogP contribution < -0.4 is 5.32 Å². The number of aromatic nitrogens is 1. The van der Waals surface area contributed by atoms with Gasteiger partial charge < -0.3 is 14.8 Å². The molecule has 1 aromatic rings. The summed E-state index contributed by atoms with van der Waals surface area (Å²) in [5.41, 5.74) is 0.934. The maximum atomic E-state index is 6.08. The first-order chi connectivity index (χ1) is 9.81. The highest BCUT2D eigenvalue weighted by Crippen LogP contribution is 2.30. The summed E-state index contributed by atoms with van der Waals surface area (Å²) in [5, 5.41) is 4.15. The molecule has 1 unspecified atom stereocenters. The van der Waals surface area contributed by atoms with Crippen LogP contribution in [-0.2, 0) is 9.47 Å². The van der Waals surface area contributed by atoms with Crippen LogP contribution in [0.5, 0.6) is 0 Å². The van der Waals surface area contributed by atoms with Gasteiger partial charge in [0.2, 0.25) is 0 Å². The summed E-state index contributed by atoms with van der Waals surface area (Å²) in [7, 11) is 1.71. The van der Waals surface area contributed by atoms with E-state index in [0.717, 1.165) is 38.2 Å². The van der Waals surface area contributed by atoms with Crippen molar-refractivity contribution in [2.45, 2.75) is 25.4 Å². The molecule has 5 heteroatoms. The second-order valence-electron chi connectivity index (χ2n) is 5.14. The number of nitrogens with one attached hydrogen (secondary N) is 1. The summed E-state index contributed by atoms with van der Waals surface area (Å²) in [4.78, 5) is 4.45. The number of hydrogen-bond donors (Lipinski definition) is 1. The van der Waals surface area contributed by atoms with E-state index in [9.17, 15) is 0 Å². The molecule has 0 spiro atoms. The molecule has 1 saturated heterocycles. The van der Waals surface area contributed by atoms with Crippen LogP contribution in [0, 0.1) is 5.92 Å². The summed E-state index contributed by atoms with van der Waals surface area (Å²) in [6.07, 6.45) is 5.00. The molecule has 2 heterocycles. The molecule has 0 aliphatic carbocycles. The number of piperidine rings is 1. The first-order valence-corrected chi connectivity index (χ1v) is 7.62. The van der Waals surface area contributed by atoms with Crippen molar-refractivity contribution >= 4 is 11.6 Å². The van der Waals surface area contributed by atoms with Gasteiger partial charge in [0.1, 0.15) is 6.10 Å². The van der Waals surface area contributed by atoms with Crippen LogP contribution in [-0.4, -0.2) is 38.4 Å². The zero-order valence-corrected chi connectivity index (χ0v) is 12.7. The van der Waals surface area contributed by atoms with Crippen molar-refractivity contribution < 1.29 is 9.47 Å². The van der Waals surface area contributed by atoms with Crippen LogP contribution in [0.25, 0.3) is 0 Å². The highest BCUT2D eigenvalue weighted by atomic mass is 35.5. The topological polar surface area (TPSA) is 43.4 Å². The first-order valence-electron chi connectivity index (χ1n) is 7.24. The van der Waals surface area contributed by atoms with Gasteiger partial charge in [-0.2, -0.15) is 0 Å². The standard InChI is InChI=1S/C15H23ClN2O2/c1-19-8-3-9-20-15(12-4-2-6-17-11-12)14-10-13(16)5-7-18-14/h5,7,10,12,15,17H,2-4,6,8-9,11H2,1H3/t12?,15-/m1/s1. The van der Waals surface area contributed by atoms with Crippen LogP contribution in [0.4, 0.5) is 0 Å². The Balaban J connectivity index is 2.02. The second kappa shape index (κ2) is 8.57. The van der Waals surface area contributed by atoms with Crippen LogP contribution in [0.2, 0.25) is 5.02 Å². The Kier molecular flexibility index (Phi) is 6.73. The predicted molar refractivity (Wildman–Crippen MR) is 80.0 cm³/mol. The number of halogens is 1. The van der Waals surface area contributed by atoms with E-state index in [1.807, 2.05) is 6.07 Å². The van der Waals surface area contributed by atoms with E-state index >= 15 is 0 Å². The first kappa shape index (κ1) is 15.7. The maximum Gasteiger partial charge on any atom is 0.103 e. The Bertz CT molecular complexity index is 397. The number of nitrogens with zero attached hydrogens (tertiary/aromatic N) is 1. The van der Waals surface area contributed by atoms with Crippen molar-refractivity contribution in [2.75, 3.05) is 33.4 Å². The quantitative estimate of drug-likeness (QED) is 0.786. The average Bonchev–Trinajstić information content (AvgIpc) is 2.48. The minimum atomic E-state index is 0.0124. The van der Waals surface area contributed by atoms with Gasteiger partial charge in [-0.05, 0) is 37.9 Å². The summed E-state index contributed by atoms with van der Waals surface area (Å²) < 4.78 is 11.1. The molecule has 20 heavy (non-hydrogen) atoms. The minimum Gasteiger partial charge on any atom is -0.385 e. The van der Waals surface area contributed by atoms with Gasteiger partial charge in [0.05, 0.1) is 5.69 Å². The molecule has 2 rings (SSSR count). The van der Waals surface area contributed by atoms with Gasteiger partial charge in [-0.25, -0.2) is 0 Å². The summed E-state index contributed by atoms with van der Waals surface area (Å²) in [5.74, 6) is 0.456. The van der Waals surface area contributed by atoms with E-state index in [1.54, 1.807) is 19.4 Å². The third-order valence-corrected chi connectivity index (χ3v) is 3.82. The van der Waals surface area contributed by atoms with E-state index in [2.05, 4.69) is 10.3 Å². The van der Waals surface area contributed by atoms with Crippen LogP contribution >= 0.6 is 11.6 Å². The zero-order valence-electron chi connectivity index (χ0n) is 12.0. The summed E-state index contributed by atoms with van der Waals surface area (Å²) >= 11 is 6.08. The fraction of sp³-hybridized carbons (Fsp3) is 0.667. The van der Waals surface area contributed by atoms with Gasteiger partial charge in [-0.3, -0.25) is 4.98 Å². The molecule has 1 N–H and O–H groups in total. The van der Waals surface area contributed by atoms with Crippen molar-refractivity contribution in [1.29, 1.82) is 0 Å². The SMILES string of the molecule is COCCCO[C@@H](c1cc(Cl)ccn1)C1CCCNC1. The third kappa shape index (κ3) is 4.70. The van der Waals surface area contributed by atoms with Gasteiger partial charge in [0.25, 0.3) is 0 Å². The molecule has 1 aliphatic rings. The van der Waals surface area contributed by atoms with Crippen molar-refractivity contribution in [1.82, 2.24) is 10.3 Å². The molecule has 112 valence electrons. The number of pyridine rings is 1. The number of ether oxygens (including phenoxy) is 2. The highest BCUT2D eigenvalue weighted by Gasteiger charge is 2.26. The molecular weight excluding hydrogens is 276 g/mol. The molecule has 0 amide bonds. The Labute approximate surface area is 125 Å². The van der Waals surface area contributed by atoms with E-state index < -0.39 is 0 Å². The van der Waals surface area contributed by atoms with Crippen LogP contribution in [0.1, 0.15) is 31.1 Å². The number of methoxy groups -OCH3 is 1. The van der Waals surface area contributed by atoms with Gasteiger partial charge >= 0.3 is 0 Å². The lowest BCUT2D eigenvalue weighted by Crippen LogP contribution is -2.34. The average molecular weight is 299 g/mol. The largest absolute Gasteiger partial charge is 0.385 e. The lowest BCUT2D eigenvalue weighted by molar-refractivity contribution is -0.00752. The molecule has 0 bridgehead atoms. The zero-order chi connectivity index (χ0) is 14.2. The van der Waals surface area contributed by atoms with E-state index in [4.69, 9.17) is 21.1 Å². The summed E-state index contributed by atoms with van der Waals surface area (Å²) in [6.45, 7) is 3.47. The second-order valence-corrected chi connectivity index (χ2v) is 5.58. The fourth-order valence-electron chi connectivity index (χ4n) is 2.59. The molecule has 0 radical (unpaired) electrons. The number of rotatable bonds is 7. The van der Waals surface area contributed by atoms with E-state index in [1.165, 1.54) is 6.42 Å². The Morgan fingerprint density at radius 1 is 1.50 bits per heavy atom. The Hall–Kier alpha value is -0.680. The smallest absolute Gasteiger partial charge is 0.103 e. The molecular formula is C15H23ClN2O2. The molecule has 1 aliphatic heterocycles. The van der Waals surface area contributed by atoms with Crippen molar-refractivity contribution in [2.24, 2.45) is 5.92 Å². The van der Waals surface area contributed by atoms with Crippen molar-refractivity contribution in [3.8, 4) is 0 Å². The Morgan fingerprint density at radius 2 is 2.40 bits per heavy atom. The van der Waals surface area contributed by atoms with Crippen molar-refractivity contribution in [3.63, 3.8) is 0 Å². The minimum absolute atomic E-state index is 0.0124. The lowest BCUT2D eigenvalue weighted by atomic mass is 9.91. The molecule has 0 aromatic carbocycles. The van der Waals surface area contributed by atoms with E-state index in [0.29, 0.717) is 17.5 Å². The molecule has 1 fully saturated rings. The Morgan fingerprint density at radius 3 is 3.10 bits per heavy atom. The molecule has 1 aromatic heterocycles. The normalized spacial score (nSPS) is 20.8. The predicted octanol–water partition coefficient (Wildman–Crippen LogP) is 2.83. The lowest BCUT2D eigenvalue weighted by Gasteiger charge is -2.30. The van der Waals surface area contributed by atoms with Gasteiger partial charge in [-0.1, -0.05) is 11.6 Å². The van der Waals surface area contributed by atoms with Crippen LogP contribution in [0.3, 0.4) is 0 Å². The number of hydrogen-bond acceptors (Lipinski definition) is 4. The fourth-order valence-corrected chi connectivity index (χ4v) is 2.76. The highest BCUT2D eigenvalue weighted by molar-refractivity contribution is 6.30. The van der Waals surface area contributed by atoms with Gasteiger partial charge in [0.15, 0.2) is 0 Å². The van der Waals surface area contributed by atoms with Gasteiger partial charge in [0, 0.05) is 44.0 Å².